The predicted molar refractivity (Wildman–Crippen MR) is 62.4 cm³/mol. The zero-order valence-electron chi connectivity index (χ0n) is 10.0. The highest BCUT2D eigenvalue weighted by molar-refractivity contribution is 5.86. The van der Waals surface area contributed by atoms with Crippen molar-refractivity contribution in [3.8, 4) is 11.4 Å². The average Bonchev–Trinajstić information content (AvgIpc) is 2.57. The lowest BCUT2D eigenvalue weighted by molar-refractivity contribution is -0.255. The number of aromatic carboxylic acids is 1. The van der Waals surface area contributed by atoms with Crippen molar-refractivity contribution < 1.29 is 9.90 Å². The summed E-state index contributed by atoms with van der Waals surface area (Å²) in [6.07, 6.45) is 0. The second-order valence-electron chi connectivity index (χ2n) is 4.03. The third-order valence-electron chi connectivity index (χ3n) is 3.00. The van der Waals surface area contributed by atoms with E-state index < -0.39 is 5.97 Å². The highest BCUT2D eigenvalue weighted by Crippen LogP contribution is 2.21. The minimum Gasteiger partial charge on any atom is -0.545 e. The van der Waals surface area contributed by atoms with E-state index in [0.29, 0.717) is 0 Å². The molecule has 2 aromatic rings. The highest BCUT2D eigenvalue weighted by Gasteiger charge is 2.09. The standard InChI is InChI=1S/C13H14N2O2/c1-8-9(2)15(3)12(14-8)10-4-6-11(7-5-10)13(16)17/h4-7H,1-3H3,(H,16,17)/p-1. The lowest BCUT2D eigenvalue weighted by atomic mass is 10.1. The van der Waals surface area contributed by atoms with Crippen LogP contribution in [0.15, 0.2) is 24.3 Å². The number of nitrogens with zero attached hydrogens (tertiary/aromatic N) is 2. The number of aryl methyl sites for hydroxylation is 1. The van der Waals surface area contributed by atoms with Gasteiger partial charge in [-0.2, -0.15) is 0 Å². The SMILES string of the molecule is Cc1nc(-c2ccc(C(=O)[O-])cc2)n(C)c1C. The monoisotopic (exact) mass is 229 g/mol. The molecule has 1 aromatic carbocycles. The van der Waals surface area contributed by atoms with E-state index in [1.807, 2.05) is 25.5 Å². The third-order valence-corrected chi connectivity index (χ3v) is 3.00. The number of hydrogen-bond donors (Lipinski definition) is 0. The van der Waals surface area contributed by atoms with Crippen molar-refractivity contribution in [3.63, 3.8) is 0 Å². The molecule has 0 fully saturated rings. The summed E-state index contributed by atoms with van der Waals surface area (Å²) < 4.78 is 1.99. The van der Waals surface area contributed by atoms with Crippen LogP contribution in [0.3, 0.4) is 0 Å². The second-order valence-corrected chi connectivity index (χ2v) is 4.03. The Morgan fingerprint density at radius 3 is 2.24 bits per heavy atom. The molecule has 0 bridgehead atoms. The Bertz CT molecular complexity index is 568. The quantitative estimate of drug-likeness (QED) is 0.774. The van der Waals surface area contributed by atoms with Gasteiger partial charge in [-0.25, -0.2) is 4.98 Å². The van der Waals surface area contributed by atoms with Crippen LogP contribution in [0.5, 0.6) is 0 Å². The molecule has 1 aromatic heterocycles. The molecule has 0 N–H and O–H groups in total. The summed E-state index contributed by atoms with van der Waals surface area (Å²) in [5.41, 5.74) is 3.15. The first-order valence-corrected chi connectivity index (χ1v) is 5.32. The van der Waals surface area contributed by atoms with Gasteiger partial charge in [0.05, 0.1) is 11.7 Å². The van der Waals surface area contributed by atoms with Crippen molar-refractivity contribution >= 4 is 5.97 Å². The van der Waals surface area contributed by atoms with Crippen LogP contribution < -0.4 is 5.11 Å². The van der Waals surface area contributed by atoms with Gasteiger partial charge in [-0.05, 0) is 19.4 Å². The van der Waals surface area contributed by atoms with E-state index in [1.54, 1.807) is 12.1 Å². The van der Waals surface area contributed by atoms with E-state index in [-0.39, 0.29) is 5.56 Å². The minimum atomic E-state index is -1.16. The first-order chi connectivity index (χ1) is 8.00. The highest BCUT2D eigenvalue weighted by atomic mass is 16.4. The van der Waals surface area contributed by atoms with Gasteiger partial charge in [0.1, 0.15) is 5.82 Å². The minimum absolute atomic E-state index is 0.177. The molecule has 0 unspecified atom stereocenters. The van der Waals surface area contributed by atoms with Crippen molar-refractivity contribution in [2.75, 3.05) is 0 Å². The largest absolute Gasteiger partial charge is 0.545 e. The summed E-state index contributed by atoms with van der Waals surface area (Å²) in [6.45, 7) is 3.95. The Kier molecular flexibility index (Phi) is 2.71. The Balaban J connectivity index is 2.47. The van der Waals surface area contributed by atoms with Gasteiger partial charge in [0.15, 0.2) is 0 Å². The van der Waals surface area contributed by atoms with Gasteiger partial charge < -0.3 is 14.5 Å². The molecule has 0 aliphatic carbocycles. The molecule has 17 heavy (non-hydrogen) atoms. The van der Waals surface area contributed by atoms with Gasteiger partial charge in [-0.15, -0.1) is 0 Å². The molecule has 0 saturated carbocycles. The number of hydrogen-bond acceptors (Lipinski definition) is 3. The maximum absolute atomic E-state index is 10.6. The number of carbonyl (C=O) groups excluding carboxylic acids is 1. The van der Waals surface area contributed by atoms with Gasteiger partial charge in [0, 0.05) is 18.3 Å². The molecule has 0 aliphatic heterocycles. The first kappa shape index (κ1) is 11.4. The summed E-state index contributed by atoms with van der Waals surface area (Å²) in [5.74, 6) is -0.325. The van der Waals surface area contributed by atoms with Crippen molar-refractivity contribution in [3.05, 3.63) is 41.2 Å². The van der Waals surface area contributed by atoms with Crippen molar-refractivity contribution in [2.45, 2.75) is 13.8 Å². The number of imidazole rings is 1. The fraction of sp³-hybridized carbons (Fsp3) is 0.231. The lowest BCUT2D eigenvalue weighted by Crippen LogP contribution is -2.21. The second kappa shape index (κ2) is 4.05. The molecule has 88 valence electrons. The van der Waals surface area contributed by atoms with Gasteiger partial charge in [-0.1, -0.05) is 24.3 Å². The Labute approximate surface area is 99.5 Å². The van der Waals surface area contributed by atoms with Crippen LogP contribution in [0, 0.1) is 13.8 Å². The van der Waals surface area contributed by atoms with E-state index in [4.69, 9.17) is 0 Å². The van der Waals surface area contributed by atoms with E-state index in [9.17, 15) is 9.90 Å². The summed E-state index contributed by atoms with van der Waals surface area (Å²) in [6, 6.07) is 6.55. The van der Waals surface area contributed by atoms with Crippen molar-refractivity contribution in [2.24, 2.45) is 7.05 Å². The van der Waals surface area contributed by atoms with E-state index in [0.717, 1.165) is 22.8 Å². The smallest absolute Gasteiger partial charge is 0.140 e. The normalized spacial score (nSPS) is 10.5. The summed E-state index contributed by atoms with van der Waals surface area (Å²) in [4.78, 5) is 15.1. The maximum Gasteiger partial charge on any atom is 0.140 e. The fourth-order valence-electron chi connectivity index (χ4n) is 1.73. The van der Waals surface area contributed by atoms with Crippen LogP contribution in [-0.4, -0.2) is 15.5 Å². The van der Waals surface area contributed by atoms with Crippen LogP contribution in [0.4, 0.5) is 0 Å². The maximum atomic E-state index is 10.6. The molecule has 2 rings (SSSR count). The molecule has 4 heteroatoms. The van der Waals surface area contributed by atoms with Crippen LogP contribution >= 0.6 is 0 Å². The molecule has 1 heterocycles. The Morgan fingerprint density at radius 2 is 1.82 bits per heavy atom. The molecule has 0 atom stereocenters. The molecule has 0 radical (unpaired) electrons. The van der Waals surface area contributed by atoms with Crippen molar-refractivity contribution in [1.29, 1.82) is 0 Å². The van der Waals surface area contributed by atoms with Gasteiger partial charge >= 0.3 is 0 Å². The van der Waals surface area contributed by atoms with Gasteiger partial charge in [0.2, 0.25) is 0 Å². The summed E-state index contributed by atoms with van der Waals surface area (Å²) in [5, 5.41) is 10.6. The first-order valence-electron chi connectivity index (χ1n) is 5.32. The van der Waals surface area contributed by atoms with Gasteiger partial charge in [0.25, 0.3) is 0 Å². The number of aromatic nitrogens is 2. The molecule has 0 aliphatic rings. The molecule has 4 nitrogen and oxygen atoms in total. The predicted octanol–water partition coefficient (Wildman–Crippen LogP) is 1.07. The zero-order valence-corrected chi connectivity index (χ0v) is 10.0. The van der Waals surface area contributed by atoms with Crippen LogP contribution in [-0.2, 0) is 7.05 Å². The van der Waals surface area contributed by atoms with Crippen LogP contribution in [0.1, 0.15) is 21.7 Å². The topological polar surface area (TPSA) is 57.9 Å². The van der Waals surface area contributed by atoms with E-state index in [2.05, 4.69) is 4.98 Å². The van der Waals surface area contributed by atoms with Gasteiger partial charge in [-0.3, -0.25) is 0 Å². The molecule has 0 saturated heterocycles. The number of carbonyl (C=O) groups is 1. The summed E-state index contributed by atoms with van der Waals surface area (Å²) >= 11 is 0. The van der Waals surface area contributed by atoms with E-state index >= 15 is 0 Å². The lowest BCUT2D eigenvalue weighted by Gasteiger charge is -2.05. The Hall–Kier alpha value is -2.10. The number of carboxylic acids is 1. The third kappa shape index (κ3) is 1.93. The number of benzene rings is 1. The van der Waals surface area contributed by atoms with Crippen LogP contribution in [0.2, 0.25) is 0 Å². The van der Waals surface area contributed by atoms with E-state index in [1.165, 1.54) is 12.1 Å². The molecule has 0 spiro atoms. The average molecular weight is 229 g/mol. The fourth-order valence-corrected chi connectivity index (χ4v) is 1.73. The molecule has 0 amide bonds. The number of carboxylic acid groups (broad SMARTS) is 1. The summed E-state index contributed by atoms with van der Waals surface area (Å²) in [7, 11) is 1.94. The zero-order chi connectivity index (χ0) is 12.6. The number of rotatable bonds is 2. The molecular formula is C13H13N2O2-. The van der Waals surface area contributed by atoms with Crippen LogP contribution in [0.25, 0.3) is 11.4 Å². The Morgan fingerprint density at radius 1 is 1.24 bits per heavy atom. The molecular weight excluding hydrogens is 216 g/mol. The van der Waals surface area contributed by atoms with Crippen molar-refractivity contribution in [1.82, 2.24) is 9.55 Å².